The molecule has 31 heavy (non-hydrogen) atoms. The fourth-order valence-electron chi connectivity index (χ4n) is 2.44. The van der Waals surface area contributed by atoms with Gasteiger partial charge in [-0.2, -0.15) is 18.3 Å². The van der Waals surface area contributed by atoms with Gasteiger partial charge in [0.25, 0.3) is 0 Å². The highest BCUT2D eigenvalue weighted by atomic mass is 19.4. The van der Waals surface area contributed by atoms with Crippen molar-refractivity contribution in [3.63, 3.8) is 0 Å². The summed E-state index contributed by atoms with van der Waals surface area (Å²) in [5.74, 6) is 0.357. The van der Waals surface area contributed by atoms with Gasteiger partial charge in [-0.1, -0.05) is 0 Å². The van der Waals surface area contributed by atoms with E-state index in [1.54, 1.807) is 45.0 Å². The Bertz CT molecular complexity index is 916. The second-order valence-electron chi connectivity index (χ2n) is 7.70. The third-order valence-corrected chi connectivity index (χ3v) is 3.72. The van der Waals surface area contributed by atoms with Gasteiger partial charge in [-0.25, -0.2) is 18.9 Å². The van der Waals surface area contributed by atoms with Crippen molar-refractivity contribution in [2.75, 3.05) is 13.2 Å². The zero-order valence-corrected chi connectivity index (χ0v) is 17.6. The zero-order valence-electron chi connectivity index (χ0n) is 17.6. The molecule has 0 aliphatic rings. The molecule has 1 heterocycles. The Labute approximate surface area is 177 Å². The summed E-state index contributed by atoms with van der Waals surface area (Å²) in [6.45, 7) is 4.92. The van der Waals surface area contributed by atoms with Gasteiger partial charge < -0.3 is 14.8 Å². The molecule has 1 N–H and O–H groups in total. The Morgan fingerprint density at radius 2 is 1.84 bits per heavy atom. The summed E-state index contributed by atoms with van der Waals surface area (Å²) >= 11 is 0. The number of nitrogens with one attached hydrogen (secondary N) is 1. The van der Waals surface area contributed by atoms with Gasteiger partial charge in [-0.3, -0.25) is 0 Å². The van der Waals surface area contributed by atoms with Crippen LogP contribution in [0.2, 0.25) is 0 Å². The van der Waals surface area contributed by atoms with Crippen LogP contribution in [0.15, 0.2) is 36.2 Å². The van der Waals surface area contributed by atoms with E-state index in [0.717, 1.165) is 0 Å². The van der Waals surface area contributed by atoms with Crippen LogP contribution >= 0.6 is 0 Å². The zero-order chi connectivity index (χ0) is 23.2. The standard InChI is InChI=1S/C20H24F4N4O3/c1-19(2,3)31-18(29)25-11-13(10-21)12-30-15-7-5-14(6-8-15)17-26-16(27-28(17)4)9-20(22,23)24/h5-8,10H,9,11-12H2,1-4H3,(H,25,29)/b13-10+. The van der Waals surface area contributed by atoms with Crippen LogP contribution in [0.3, 0.4) is 0 Å². The summed E-state index contributed by atoms with van der Waals surface area (Å²) in [5, 5.41) is 6.22. The molecule has 0 spiro atoms. The van der Waals surface area contributed by atoms with Gasteiger partial charge in [-0.15, -0.1) is 0 Å². The van der Waals surface area contributed by atoms with Crippen molar-refractivity contribution in [3.05, 3.63) is 42.0 Å². The maximum absolute atomic E-state index is 13.1. The van der Waals surface area contributed by atoms with E-state index in [1.807, 2.05) is 0 Å². The predicted molar refractivity (Wildman–Crippen MR) is 105 cm³/mol. The van der Waals surface area contributed by atoms with Crippen LogP contribution in [0.5, 0.6) is 5.75 Å². The van der Waals surface area contributed by atoms with Gasteiger partial charge in [0.2, 0.25) is 0 Å². The maximum Gasteiger partial charge on any atom is 0.407 e. The number of nitrogens with zero attached hydrogens (tertiary/aromatic N) is 3. The first-order valence-corrected chi connectivity index (χ1v) is 9.31. The number of amides is 1. The van der Waals surface area contributed by atoms with E-state index < -0.39 is 24.3 Å². The van der Waals surface area contributed by atoms with E-state index in [4.69, 9.17) is 9.47 Å². The van der Waals surface area contributed by atoms with Crippen molar-refractivity contribution in [2.24, 2.45) is 7.05 Å². The van der Waals surface area contributed by atoms with Gasteiger partial charge in [0.15, 0.2) is 11.6 Å². The highest BCUT2D eigenvalue weighted by molar-refractivity contribution is 5.68. The van der Waals surface area contributed by atoms with Crippen molar-refractivity contribution in [3.8, 4) is 17.1 Å². The van der Waals surface area contributed by atoms with Crippen LogP contribution < -0.4 is 10.1 Å². The first kappa shape index (κ1) is 24.2. The van der Waals surface area contributed by atoms with Crippen LogP contribution in [0.1, 0.15) is 26.6 Å². The van der Waals surface area contributed by atoms with E-state index in [9.17, 15) is 22.4 Å². The number of carbonyl (C=O) groups excluding carboxylic acids is 1. The lowest BCUT2D eigenvalue weighted by atomic mass is 10.2. The van der Waals surface area contributed by atoms with Crippen molar-refractivity contribution in [2.45, 2.75) is 39.0 Å². The molecule has 0 saturated carbocycles. The highest BCUT2D eigenvalue weighted by Gasteiger charge is 2.30. The third-order valence-electron chi connectivity index (χ3n) is 3.72. The van der Waals surface area contributed by atoms with E-state index in [0.29, 0.717) is 17.6 Å². The number of hydrogen-bond acceptors (Lipinski definition) is 5. The molecule has 0 aliphatic heterocycles. The molecule has 0 aliphatic carbocycles. The second kappa shape index (κ2) is 9.80. The Kier molecular flexibility index (Phi) is 7.64. The van der Waals surface area contributed by atoms with Crippen LogP contribution in [0.4, 0.5) is 22.4 Å². The molecule has 1 aromatic carbocycles. The molecule has 0 radical (unpaired) electrons. The summed E-state index contributed by atoms with van der Waals surface area (Å²) < 4.78 is 62.5. The van der Waals surface area contributed by atoms with Crippen LogP contribution in [-0.2, 0) is 18.2 Å². The van der Waals surface area contributed by atoms with Gasteiger partial charge in [0.05, 0.1) is 6.33 Å². The highest BCUT2D eigenvalue weighted by Crippen LogP contribution is 2.24. The largest absolute Gasteiger partial charge is 0.489 e. The quantitative estimate of drug-likeness (QED) is 0.643. The van der Waals surface area contributed by atoms with Crippen molar-refractivity contribution < 1.29 is 31.8 Å². The lowest BCUT2D eigenvalue weighted by Gasteiger charge is -2.20. The first-order valence-electron chi connectivity index (χ1n) is 9.31. The summed E-state index contributed by atoms with van der Waals surface area (Å²) in [6.07, 6.45) is -5.94. The van der Waals surface area contributed by atoms with E-state index in [1.165, 1.54) is 11.7 Å². The normalized spacial score (nSPS) is 12.6. The third kappa shape index (κ3) is 8.27. The van der Waals surface area contributed by atoms with Crippen LogP contribution in [0.25, 0.3) is 11.4 Å². The average Bonchev–Trinajstić information content (AvgIpc) is 2.99. The van der Waals surface area contributed by atoms with Gasteiger partial charge in [0, 0.05) is 24.7 Å². The van der Waals surface area contributed by atoms with E-state index >= 15 is 0 Å². The molecule has 2 rings (SSSR count). The molecule has 1 amide bonds. The molecule has 0 unspecified atom stereocenters. The van der Waals surface area contributed by atoms with E-state index in [-0.39, 0.29) is 30.4 Å². The number of alkyl halides is 3. The fraction of sp³-hybridized carbons (Fsp3) is 0.450. The number of aryl methyl sites for hydroxylation is 1. The molecule has 7 nitrogen and oxygen atoms in total. The molecule has 2 aromatic rings. The van der Waals surface area contributed by atoms with Gasteiger partial charge in [-0.05, 0) is 45.0 Å². The predicted octanol–water partition coefficient (Wildman–Crippen LogP) is 4.34. The average molecular weight is 444 g/mol. The lowest BCUT2D eigenvalue weighted by Crippen LogP contribution is -2.34. The summed E-state index contributed by atoms with van der Waals surface area (Å²) in [4.78, 5) is 15.6. The van der Waals surface area contributed by atoms with Crippen LogP contribution in [0, 0.1) is 0 Å². The second-order valence-corrected chi connectivity index (χ2v) is 7.70. The minimum atomic E-state index is -4.39. The Morgan fingerprint density at radius 3 is 2.39 bits per heavy atom. The van der Waals surface area contributed by atoms with Crippen LogP contribution in [-0.4, -0.2) is 45.8 Å². The fourth-order valence-corrected chi connectivity index (χ4v) is 2.44. The van der Waals surface area contributed by atoms with Gasteiger partial charge >= 0.3 is 12.3 Å². The Morgan fingerprint density at radius 1 is 1.19 bits per heavy atom. The first-order chi connectivity index (χ1) is 14.4. The molecule has 170 valence electrons. The number of alkyl carbamates (subject to hydrolysis) is 1. The molecule has 1 aromatic heterocycles. The number of ether oxygens (including phenoxy) is 2. The molecule has 11 heteroatoms. The minimum absolute atomic E-state index is 0.0928. The monoisotopic (exact) mass is 444 g/mol. The van der Waals surface area contributed by atoms with Gasteiger partial charge in [0.1, 0.15) is 24.4 Å². The SMILES string of the molecule is Cn1nc(CC(F)(F)F)nc1-c1ccc(OC/C(=C/F)CNC(=O)OC(C)(C)C)cc1. The number of carbonyl (C=O) groups is 1. The molecule has 0 atom stereocenters. The molecule has 0 fully saturated rings. The Balaban J connectivity index is 1.93. The number of halogens is 4. The molecular weight excluding hydrogens is 420 g/mol. The van der Waals surface area contributed by atoms with Crippen molar-refractivity contribution in [1.29, 1.82) is 0 Å². The number of hydrogen-bond donors (Lipinski definition) is 1. The van der Waals surface area contributed by atoms with Crippen molar-refractivity contribution >= 4 is 6.09 Å². The molecular formula is C20H24F4N4O3. The summed E-state index contributed by atoms with van der Waals surface area (Å²) in [5.41, 5.74) is 0.0571. The smallest absolute Gasteiger partial charge is 0.407 e. The molecule has 0 saturated heterocycles. The minimum Gasteiger partial charge on any atom is -0.489 e. The number of rotatable bonds is 7. The van der Waals surface area contributed by atoms with E-state index in [2.05, 4.69) is 15.4 Å². The molecule has 0 bridgehead atoms. The van der Waals surface area contributed by atoms with Crippen molar-refractivity contribution in [1.82, 2.24) is 20.1 Å². The summed E-state index contributed by atoms with van der Waals surface area (Å²) in [6, 6.07) is 6.36. The summed E-state index contributed by atoms with van der Waals surface area (Å²) in [7, 11) is 1.50. The Hall–Kier alpha value is -3.11. The number of benzene rings is 1. The topological polar surface area (TPSA) is 78.3 Å². The lowest BCUT2D eigenvalue weighted by molar-refractivity contribution is -0.128. The number of aromatic nitrogens is 3. The maximum atomic E-state index is 13.1.